The van der Waals surface area contributed by atoms with Crippen LogP contribution in [-0.4, -0.2) is 41.7 Å². The van der Waals surface area contributed by atoms with Crippen molar-refractivity contribution in [3.8, 4) is 0 Å². The van der Waals surface area contributed by atoms with Gasteiger partial charge in [-0.05, 0) is 52.6 Å². The van der Waals surface area contributed by atoms with Gasteiger partial charge in [0.15, 0.2) is 0 Å². The standard InChI is InChI=1S/C7H16N2O.C4H10O2/c8-7(5-10)6-1-3-9-4-2-6;1-4(2,3)6-5/h6-7,9-10H,1-5,8H2;5H,1-3H3. The lowest BCUT2D eigenvalue weighted by atomic mass is 9.91. The van der Waals surface area contributed by atoms with E-state index in [1.165, 1.54) is 0 Å². The molecule has 5 heteroatoms. The Morgan fingerprint density at radius 2 is 1.81 bits per heavy atom. The van der Waals surface area contributed by atoms with Crippen molar-refractivity contribution in [3.05, 3.63) is 0 Å². The minimum Gasteiger partial charge on any atom is -0.395 e. The highest BCUT2D eigenvalue weighted by Crippen LogP contribution is 2.13. The van der Waals surface area contributed by atoms with Crippen LogP contribution in [0.3, 0.4) is 0 Å². The Balaban J connectivity index is 0.000000325. The smallest absolute Gasteiger partial charge is 0.0949 e. The van der Waals surface area contributed by atoms with E-state index in [1.807, 2.05) is 0 Å². The molecule has 0 amide bonds. The molecule has 1 aliphatic heterocycles. The molecule has 0 aromatic heterocycles. The van der Waals surface area contributed by atoms with Crippen LogP contribution in [0, 0.1) is 5.92 Å². The molecule has 5 N–H and O–H groups in total. The molecular formula is C11H26N2O3. The summed E-state index contributed by atoms with van der Waals surface area (Å²) in [6.45, 7) is 7.55. The molecule has 0 aromatic carbocycles. The molecule has 0 bridgehead atoms. The largest absolute Gasteiger partial charge is 0.395 e. The molecule has 16 heavy (non-hydrogen) atoms. The van der Waals surface area contributed by atoms with E-state index in [2.05, 4.69) is 10.2 Å². The molecule has 0 aliphatic carbocycles. The molecule has 1 heterocycles. The first-order valence-electron chi connectivity index (χ1n) is 5.80. The van der Waals surface area contributed by atoms with Gasteiger partial charge in [0, 0.05) is 6.04 Å². The van der Waals surface area contributed by atoms with Crippen molar-refractivity contribution in [2.24, 2.45) is 11.7 Å². The van der Waals surface area contributed by atoms with E-state index in [-0.39, 0.29) is 12.6 Å². The van der Waals surface area contributed by atoms with E-state index < -0.39 is 5.60 Å². The Kier molecular flexibility index (Phi) is 7.87. The maximum atomic E-state index is 8.74. The fraction of sp³-hybridized carbons (Fsp3) is 1.00. The fourth-order valence-electron chi connectivity index (χ4n) is 1.42. The van der Waals surface area contributed by atoms with Crippen LogP contribution in [0.1, 0.15) is 33.6 Å². The molecule has 1 rings (SSSR count). The normalized spacial score (nSPS) is 19.9. The van der Waals surface area contributed by atoms with Crippen molar-refractivity contribution >= 4 is 0 Å². The van der Waals surface area contributed by atoms with Crippen molar-refractivity contribution in [1.29, 1.82) is 0 Å². The quantitative estimate of drug-likeness (QED) is 0.415. The van der Waals surface area contributed by atoms with Gasteiger partial charge in [0.25, 0.3) is 0 Å². The maximum Gasteiger partial charge on any atom is 0.0949 e. The Morgan fingerprint density at radius 3 is 2.12 bits per heavy atom. The molecule has 1 saturated heterocycles. The number of nitrogens with two attached hydrogens (primary N) is 1. The predicted octanol–water partition coefficient (Wildman–Crippen LogP) is 0.580. The van der Waals surface area contributed by atoms with Gasteiger partial charge in [-0.25, -0.2) is 4.89 Å². The number of aliphatic hydroxyl groups is 1. The minimum absolute atomic E-state index is 0.00194. The van der Waals surface area contributed by atoms with E-state index in [9.17, 15) is 0 Å². The van der Waals surface area contributed by atoms with E-state index in [0.29, 0.717) is 5.92 Å². The number of hydrogen-bond acceptors (Lipinski definition) is 5. The first-order valence-corrected chi connectivity index (χ1v) is 5.80. The Bertz CT molecular complexity index is 165. The van der Waals surface area contributed by atoms with Crippen molar-refractivity contribution in [2.45, 2.75) is 45.3 Å². The minimum atomic E-state index is -0.403. The molecule has 0 radical (unpaired) electrons. The van der Waals surface area contributed by atoms with Crippen LogP contribution in [0.15, 0.2) is 0 Å². The summed E-state index contributed by atoms with van der Waals surface area (Å²) in [5.41, 5.74) is 5.27. The summed E-state index contributed by atoms with van der Waals surface area (Å²) in [5, 5.41) is 19.9. The molecule has 1 atom stereocenters. The zero-order valence-electron chi connectivity index (χ0n) is 10.6. The molecule has 1 fully saturated rings. The number of rotatable bonds is 2. The summed E-state index contributed by atoms with van der Waals surface area (Å²) >= 11 is 0. The van der Waals surface area contributed by atoms with E-state index >= 15 is 0 Å². The lowest BCUT2D eigenvalue weighted by Gasteiger charge is -2.26. The average Bonchev–Trinajstić information content (AvgIpc) is 2.29. The van der Waals surface area contributed by atoms with Gasteiger partial charge >= 0.3 is 0 Å². The molecule has 1 aliphatic rings. The average molecular weight is 234 g/mol. The van der Waals surface area contributed by atoms with Gasteiger partial charge in [-0.3, -0.25) is 5.26 Å². The summed E-state index contributed by atoms with van der Waals surface area (Å²) < 4.78 is 0. The van der Waals surface area contributed by atoms with Gasteiger partial charge in [-0.1, -0.05) is 0 Å². The highest BCUT2D eigenvalue weighted by Gasteiger charge is 2.18. The fourth-order valence-corrected chi connectivity index (χ4v) is 1.42. The van der Waals surface area contributed by atoms with Gasteiger partial charge in [0.2, 0.25) is 0 Å². The van der Waals surface area contributed by atoms with Crippen molar-refractivity contribution in [1.82, 2.24) is 5.32 Å². The lowest BCUT2D eigenvalue weighted by molar-refractivity contribution is -0.306. The highest BCUT2D eigenvalue weighted by atomic mass is 17.1. The molecule has 98 valence electrons. The van der Waals surface area contributed by atoms with E-state index in [1.54, 1.807) is 20.8 Å². The summed E-state index contributed by atoms with van der Waals surface area (Å²) in [6, 6.07) is 0.00194. The van der Waals surface area contributed by atoms with Crippen LogP contribution in [0.25, 0.3) is 0 Å². The maximum absolute atomic E-state index is 8.74. The Hall–Kier alpha value is -0.200. The van der Waals surface area contributed by atoms with Gasteiger partial charge < -0.3 is 16.2 Å². The summed E-state index contributed by atoms with van der Waals surface area (Å²) in [6.07, 6.45) is 2.23. The van der Waals surface area contributed by atoms with Crippen LogP contribution < -0.4 is 11.1 Å². The van der Waals surface area contributed by atoms with Crippen LogP contribution in [0.2, 0.25) is 0 Å². The third-order valence-electron chi connectivity index (χ3n) is 2.47. The zero-order valence-corrected chi connectivity index (χ0v) is 10.6. The monoisotopic (exact) mass is 234 g/mol. The molecule has 0 spiro atoms. The number of nitrogens with one attached hydrogen (secondary N) is 1. The molecule has 0 saturated carbocycles. The van der Waals surface area contributed by atoms with Gasteiger partial charge in [0.05, 0.1) is 12.2 Å². The zero-order chi connectivity index (χ0) is 12.6. The van der Waals surface area contributed by atoms with Crippen molar-refractivity contribution < 1.29 is 15.3 Å². The second kappa shape index (κ2) is 7.97. The lowest BCUT2D eigenvalue weighted by Crippen LogP contribution is -2.40. The first-order chi connectivity index (χ1) is 7.40. The Labute approximate surface area is 97.9 Å². The van der Waals surface area contributed by atoms with Gasteiger partial charge in [-0.15, -0.1) is 0 Å². The molecular weight excluding hydrogens is 208 g/mol. The van der Waals surface area contributed by atoms with Crippen LogP contribution in [0.4, 0.5) is 0 Å². The van der Waals surface area contributed by atoms with Gasteiger partial charge in [-0.2, -0.15) is 0 Å². The molecule has 1 unspecified atom stereocenters. The SMILES string of the molecule is CC(C)(C)OO.NC(CO)C1CCNCC1. The topological polar surface area (TPSA) is 87.7 Å². The highest BCUT2D eigenvalue weighted by molar-refractivity contribution is 4.77. The predicted molar refractivity (Wildman–Crippen MR) is 64.1 cm³/mol. The van der Waals surface area contributed by atoms with Crippen molar-refractivity contribution in [3.63, 3.8) is 0 Å². The third kappa shape index (κ3) is 8.01. The summed E-state index contributed by atoms with van der Waals surface area (Å²) in [4.78, 5) is 3.94. The van der Waals surface area contributed by atoms with E-state index in [4.69, 9.17) is 16.1 Å². The number of piperidine rings is 1. The summed E-state index contributed by atoms with van der Waals surface area (Å²) in [5.74, 6) is 0.534. The molecule has 0 aromatic rings. The van der Waals surface area contributed by atoms with E-state index in [0.717, 1.165) is 25.9 Å². The summed E-state index contributed by atoms with van der Waals surface area (Å²) in [7, 11) is 0. The number of aliphatic hydroxyl groups excluding tert-OH is 1. The third-order valence-corrected chi connectivity index (χ3v) is 2.47. The Morgan fingerprint density at radius 1 is 1.38 bits per heavy atom. The first kappa shape index (κ1) is 15.8. The van der Waals surface area contributed by atoms with Gasteiger partial charge in [0.1, 0.15) is 0 Å². The molecule has 5 nitrogen and oxygen atoms in total. The number of hydrogen-bond donors (Lipinski definition) is 4. The second-order valence-electron chi connectivity index (χ2n) is 5.14. The second-order valence-corrected chi connectivity index (χ2v) is 5.14. The van der Waals surface area contributed by atoms with Crippen molar-refractivity contribution in [2.75, 3.05) is 19.7 Å². The van der Waals surface area contributed by atoms with Crippen LogP contribution >= 0.6 is 0 Å². The van der Waals surface area contributed by atoms with Crippen LogP contribution in [0.5, 0.6) is 0 Å². The van der Waals surface area contributed by atoms with Crippen LogP contribution in [-0.2, 0) is 4.89 Å².